The molecule has 0 saturated heterocycles. The third-order valence-electron chi connectivity index (χ3n) is 1.97. The van der Waals surface area contributed by atoms with Gasteiger partial charge in [-0.25, -0.2) is 4.79 Å². The minimum absolute atomic E-state index is 0.0369. The zero-order valence-electron chi connectivity index (χ0n) is 9.76. The molecule has 4 nitrogen and oxygen atoms in total. The van der Waals surface area contributed by atoms with Crippen molar-refractivity contribution in [3.8, 4) is 0 Å². The summed E-state index contributed by atoms with van der Waals surface area (Å²) < 4.78 is 5.11. The molecule has 0 aliphatic rings. The van der Waals surface area contributed by atoms with Crippen molar-refractivity contribution < 1.29 is 9.53 Å². The standard InChI is InChI=1S/C10H22N2O2/c1-7(6-11)8(2)12-9(13)14-10(3,4)5/h7-8H,6,11H2,1-5H3,(H,12,13). The highest BCUT2D eigenvalue weighted by Gasteiger charge is 2.19. The zero-order chi connectivity index (χ0) is 11.4. The molecule has 0 fully saturated rings. The average molecular weight is 202 g/mol. The largest absolute Gasteiger partial charge is 0.444 e. The van der Waals surface area contributed by atoms with Crippen molar-refractivity contribution >= 4 is 6.09 Å². The van der Waals surface area contributed by atoms with Crippen LogP contribution in [-0.4, -0.2) is 24.3 Å². The monoisotopic (exact) mass is 202 g/mol. The van der Waals surface area contributed by atoms with Gasteiger partial charge in [-0.3, -0.25) is 0 Å². The SMILES string of the molecule is CC(CN)C(C)NC(=O)OC(C)(C)C. The highest BCUT2D eigenvalue weighted by Crippen LogP contribution is 2.08. The van der Waals surface area contributed by atoms with E-state index in [1.807, 2.05) is 34.6 Å². The first-order valence-corrected chi connectivity index (χ1v) is 4.96. The second kappa shape index (κ2) is 5.20. The van der Waals surface area contributed by atoms with E-state index in [1.54, 1.807) is 0 Å². The van der Waals surface area contributed by atoms with E-state index >= 15 is 0 Å². The number of carbonyl (C=O) groups is 1. The van der Waals surface area contributed by atoms with Crippen LogP contribution in [-0.2, 0) is 4.74 Å². The lowest BCUT2D eigenvalue weighted by Crippen LogP contribution is -2.42. The van der Waals surface area contributed by atoms with Crippen LogP contribution in [0.3, 0.4) is 0 Å². The van der Waals surface area contributed by atoms with E-state index in [1.165, 1.54) is 0 Å². The summed E-state index contributed by atoms with van der Waals surface area (Å²) in [6.07, 6.45) is -0.384. The Kier molecular flexibility index (Phi) is 4.91. The van der Waals surface area contributed by atoms with Gasteiger partial charge in [-0.1, -0.05) is 6.92 Å². The Morgan fingerprint density at radius 1 is 1.43 bits per heavy atom. The number of amides is 1. The molecule has 0 radical (unpaired) electrons. The van der Waals surface area contributed by atoms with Gasteiger partial charge in [-0.05, 0) is 40.2 Å². The second-order valence-electron chi connectivity index (χ2n) is 4.65. The van der Waals surface area contributed by atoms with Gasteiger partial charge in [0.25, 0.3) is 0 Å². The summed E-state index contributed by atoms with van der Waals surface area (Å²) in [6.45, 7) is 9.97. The fourth-order valence-corrected chi connectivity index (χ4v) is 0.840. The van der Waals surface area contributed by atoms with Crippen LogP contribution in [0.15, 0.2) is 0 Å². The van der Waals surface area contributed by atoms with E-state index in [9.17, 15) is 4.79 Å². The number of nitrogens with one attached hydrogen (secondary N) is 1. The Balaban J connectivity index is 3.95. The summed E-state index contributed by atoms with van der Waals surface area (Å²) in [7, 11) is 0. The number of hydrogen-bond acceptors (Lipinski definition) is 3. The van der Waals surface area contributed by atoms with E-state index in [0.717, 1.165) is 0 Å². The maximum atomic E-state index is 11.3. The van der Waals surface area contributed by atoms with Gasteiger partial charge in [0.15, 0.2) is 0 Å². The summed E-state index contributed by atoms with van der Waals surface area (Å²) in [4.78, 5) is 11.3. The summed E-state index contributed by atoms with van der Waals surface area (Å²) in [5, 5.41) is 2.75. The molecule has 1 amide bonds. The minimum atomic E-state index is -0.449. The van der Waals surface area contributed by atoms with Crippen LogP contribution in [0.5, 0.6) is 0 Å². The lowest BCUT2D eigenvalue weighted by Gasteiger charge is -2.24. The van der Waals surface area contributed by atoms with Crippen LogP contribution in [0, 0.1) is 5.92 Å². The molecule has 0 heterocycles. The number of nitrogens with two attached hydrogens (primary N) is 1. The van der Waals surface area contributed by atoms with Crippen molar-refractivity contribution in [2.24, 2.45) is 11.7 Å². The maximum Gasteiger partial charge on any atom is 0.407 e. The van der Waals surface area contributed by atoms with Crippen LogP contribution in [0.4, 0.5) is 4.79 Å². The Morgan fingerprint density at radius 3 is 2.29 bits per heavy atom. The highest BCUT2D eigenvalue weighted by molar-refractivity contribution is 5.68. The van der Waals surface area contributed by atoms with Gasteiger partial charge < -0.3 is 15.8 Å². The van der Waals surface area contributed by atoms with E-state index in [4.69, 9.17) is 10.5 Å². The number of alkyl carbamates (subject to hydrolysis) is 1. The molecule has 4 heteroatoms. The van der Waals surface area contributed by atoms with Crippen molar-refractivity contribution in [1.29, 1.82) is 0 Å². The van der Waals surface area contributed by atoms with E-state index in [2.05, 4.69) is 5.32 Å². The number of hydrogen-bond donors (Lipinski definition) is 2. The van der Waals surface area contributed by atoms with Crippen molar-refractivity contribution in [3.05, 3.63) is 0 Å². The van der Waals surface area contributed by atoms with Crippen LogP contribution in [0.2, 0.25) is 0 Å². The molecule has 0 bridgehead atoms. The fraction of sp³-hybridized carbons (Fsp3) is 0.900. The maximum absolute atomic E-state index is 11.3. The lowest BCUT2D eigenvalue weighted by atomic mass is 10.0. The normalized spacial score (nSPS) is 15.9. The summed E-state index contributed by atoms with van der Waals surface area (Å²) in [5.74, 6) is 0.252. The molecule has 84 valence electrons. The van der Waals surface area contributed by atoms with Crippen molar-refractivity contribution in [3.63, 3.8) is 0 Å². The minimum Gasteiger partial charge on any atom is -0.444 e. The highest BCUT2D eigenvalue weighted by atomic mass is 16.6. The van der Waals surface area contributed by atoms with Gasteiger partial charge in [-0.15, -0.1) is 0 Å². The molecular formula is C10H22N2O2. The Hall–Kier alpha value is -0.770. The lowest BCUT2D eigenvalue weighted by molar-refractivity contribution is 0.0495. The summed E-state index contributed by atoms with van der Waals surface area (Å²) in [6, 6.07) is 0.0369. The average Bonchev–Trinajstić information content (AvgIpc) is 1.99. The number of ether oxygens (including phenoxy) is 1. The van der Waals surface area contributed by atoms with Crippen LogP contribution >= 0.6 is 0 Å². The molecule has 0 aliphatic heterocycles. The van der Waals surface area contributed by atoms with Gasteiger partial charge in [0.05, 0.1) is 0 Å². The molecule has 3 N–H and O–H groups in total. The van der Waals surface area contributed by atoms with Gasteiger partial charge >= 0.3 is 6.09 Å². The van der Waals surface area contributed by atoms with Gasteiger partial charge in [0.1, 0.15) is 5.60 Å². The van der Waals surface area contributed by atoms with E-state index in [0.29, 0.717) is 6.54 Å². The van der Waals surface area contributed by atoms with Crippen molar-refractivity contribution in [2.45, 2.75) is 46.3 Å². The predicted molar refractivity (Wildman–Crippen MR) is 57.1 cm³/mol. The molecule has 2 atom stereocenters. The molecular weight excluding hydrogens is 180 g/mol. The number of rotatable bonds is 3. The molecule has 0 aromatic heterocycles. The molecule has 0 rings (SSSR count). The van der Waals surface area contributed by atoms with Crippen LogP contribution in [0.1, 0.15) is 34.6 Å². The first kappa shape index (κ1) is 13.2. The molecule has 0 aliphatic carbocycles. The molecule has 0 aromatic carbocycles. The first-order valence-electron chi connectivity index (χ1n) is 4.96. The third-order valence-corrected chi connectivity index (χ3v) is 1.97. The van der Waals surface area contributed by atoms with Gasteiger partial charge in [0.2, 0.25) is 0 Å². The first-order chi connectivity index (χ1) is 6.26. The van der Waals surface area contributed by atoms with Gasteiger partial charge in [-0.2, -0.15) is 0 Å². The Labute approximate surface area is 86.2 Å². The van der Waals surface area contributed by atoms with E-state index in [-0.39, 0.29) is 18.1 Å². The topological polar surface area (TPSA) is 64.3 Å². The van der Waals surface area contributed by atoms with Crippen LogP contribution in [0.25, 0.3) is 0 Å². The van der Waals surface area contributed by atoms with Crippen LogP contribution < -0.4 is 11.1 Å². The smallest absolute Gasteiger partial charge is 0.407 e. The van der Waals surface area contributed by atoms with Crippen molar-refractivity contribution in [1.82, 2.24) is 5.32 Å². The zero-order valence-corrected chi connectivity index (χ0v) is 9.76. The molecule has 0 spiro atoms. The van der Waals surface area contributed by atoms with Gasteiger partial charge in [0, 0.05) is 6.04 Å². The molecule has 0 saturated carbocycles. The number of carbonyl (C=O) groups excluding carboxylic acids is 1. The summed E-state index contributed by atoms with van der Waals surface area (Å²) >= 11 is 0. The predicted octanol–water partition coefficient (Wildman–Crippen LogP) is 1.49. The molecule has 14 heavy (non-hydrogen) atoms. The quantitative estimate of drug-likeness (QED) is 0.729. The van der Waals surface area contributed by atoms with E-state index < -0.39 is 5.60 Å². The third kappa shape index (κ3) is 5.80. The molecule has 2 unspecified atom stereocenters. The second-order valence-corrected chi connectivity index (χ2v) is 4.65. The molecule has 0 aromatic rings. The summed E-state index contributed by atoms with van der Waals surface area (Å²) in [5.41, 5.74) is 5.04. The van der Waals surface area contributed by atoms with Crippen molar-refractivity contribution in [2.75, 3.05) is 6.54 Å². The Bertz CT molecular complexity index is 187. The Morgan fingerprint density at radius 2 is 1.93 bits per heavy atom. The fourth-order valence-electron chi connectivity index (χ4n) is 0.840.